The van der Waals surface area contributed by atoms with Crippen LogP contribution in [0.2, 0.25) is 0 Å². The maximum atomic E-state index is 12.4. The monoisotopic (exact) mass is 366 g/mol. The molecule has 0 bridgehead atoms. The first-order valence-corrected chi connectivity index (χ1v) is 8.58. The number of ether oxygens (including phenoxy) is 3. The number of para-hydroxylation sites is 1. The van der Waals surface area contributed by atoms with Gasteiger partial charge in [0.1, 0.15) is 0 Å². The molecule has 0 aliphatic rings. The van der Waals surface area contributed by atoms with E-state index in [2.05, 4.69) is 10.3 Å². The number of aryl methyl sites for hydroxylation is 1. The highest BCUT2D eigenvalue weighted by atomic mass is 16.5. The summed E-state index contributed by atoms with van der Waals surface area (Å²) in [6.45, 7) is 0. The molecule has 0 spiro atoms. The number of carbonyl (C=O) groups excluding carboxylic acids is 1. The number of benzene rings is 2. The highest BCUT2D eigenvalue weighted by Gasteiger charge is 2.16. The van der Waals surface area contributed by atoms with Crippen molar-refractivity contribution in [1.29, 1.82) is 0 Å². The molecule has 0 unspecified atom stereocenters. The third-order valence-corrected chi connectivity index (χ3v) is 4.28. The number of nitrogens with zero attached hydrogens (tertiary/aromatic N) is 1. The first kappa shape index (κ1) is 18.5. The Kier molecular flexibility index (Phi) is 5.76. The molecule has 1 amide bonds. The molecule has 27 heavy (non-hydrogen) atoms. The number of hydrogen-bond acceptors (Lipinski definition) is 5. The second-order valence-electron chi connectivity index (χ2n) is 5.96. The summed E-state index contributed by atoms with van der Waals surface area (Å²) in [6, 6.07) is 13.4. The first-order valence-electron chi connectivity index (χ1n) is 8.58. The van der Waals surface area contributed by atoms with E-state index in [0.717, 1.165) is 16.5 Å². The number of nitrogens with one attached hydrogen (secondary N) is 1. The van der Waals surface area contributed by atoms with Crippen LogP contribution in [-0.2, 0) is 11.2 Å². The van der Waals surface area contributed by atoms with Crippen molar-refractivity contribution in [3.63, 3.8) is 0 Å². The molecule has 1 aromatic heterocycles. The Balaban J connectivity index is 1.69. The average molecular weight is 366 g/mol. The highest BCUT2D eigenvalue weighted by Crippen LogP contribution is 2.40. The summed E-state index contributed by atoms with van der Waals surface area (Å²) in [5, 5.41) is 3.88. The smallest absolute Gasteiger partial charge is 0.224 e. The summed E-state index contributed by atoms with van der Waals surface area (Å²) >= 11 is 0. The van der Waals surface area contributed by atoms with E-state index >= 15 is 0 Å². The lowest BCUT2D eigenvalue weighted by molar-refractivity contribution is -0.116. The van der Waals surface area contributed by atoms with Crippen LogP contribution in [0.1, 0.15) is 12.0 Å². The lowest BCUT2D eigenvalue weighted by Gasteiger charge is -2.15. The number of methoxy groups -OCH3 is 3. The summed E-state index contributed by atoms with van der Waals surface area (Å²) in [5.74, 6) is 1.60. The molecule has 6 nitrogen and oxygen atoms in total. The van der Waals surface area contributed by atoms with Gasteiger partial charge in [-0.15, -0.1) is 0 Å². The quantitative estimate of drug-likeness (QED) is 0.688. The fraction of sp³-hybridized carbons (Fsp3) is 0.238. The minimum Gasteiger partial charge on any atom is -0.493 e. The molecule has 140 valence electrons. The summed E-state index contributed by atoms with van der Waals surface area (Å²) in [5.41, 5.74) is 2.45. The molecule has 1 heterocycles. The largest absolute Gasteiger partial charge is 0.493 e. The van der Waals surface area contributed by atoms with Gasteiger partial charge in [0.2, 0.25) is 11.7 Å². The Morgan fingerprint density at radius 1 is 1.00 bits per heavy atom. The number of carbonyl (C=O) groups is 1. The minimum absolute atomic E-state index is 0.0936. The number of fused-ring (bicyclic) bond motifs is 1. The molecule has 0 radical (unpaired) electrons. The van der Waals surface area contributed by atoms with E-state index in [1.54, 1.807) is 27.5 Å². The Morgan fingerprint density at radius 3 is 2.52 bits per heavy atom. The van der Waals surface area contributed by atoms with Crippen LogP contribution >= 0.6 is 0 Å². The van der Waals surface area contributed by atoms with Gasteiger partial charge in [0, 0.05) is 11.8 Å². The fourth-order valence-electron chi connectivity index (χ4n) is 2.97. The molecule has 3 rings (SSSR count). The standard InChI is InChI=1S/C21H22N2O4/c1-25-18-10-8-14(20(26-2)21(18)27-3)9-11-19(24)23-16-12-15-6-4-5-7-17(15)22-13-16/h4-8,10,12-13H,9,11H2,1-3H3,(H,23,24). The first-order chi connectivity index (χ1) is 13.2. The number of amides is 1. The number of aromatic nitrogens is 1. The van der Waals surface area contributed by atoms with Gasteiger partial charge in [-0.05, 0) is 30.2 Å². The zero-order valence-electron chi connectivity index (χ0n) is 15.6. The SMILES string of the molecule is COc1ccc(CCC(=O)Nc2cnc3ccccc3c2)c(OC)c1OC. The van der Waals surface area contributed by atoms with Crippen LogP contribution in [0.4, 0.5) is 5.69 Å². The number of pyridine rings is 1. The summed E-state index contributed by atoms with van der Waals surface area (Å²) in [7, 11) is 4.70. The van der Waals surface area contributed by atoms with E-state index in [1.165, 1.54) is 0 Å². The normalized spacial score (nSPS) is 10.5. The molecule has 3 aromatic rings. The van der Waals surface area contributed by atoms with Crippen molar-refractivity contribution < 1.29 is 19.0 Å². The molecule has 0 aliphatic heterocycles. The molecule has 6 heteroatoms. The summed E-state index contributed by atoms with van der Waals surface area (Å²) in [4.78, 5) is 16.7. The van der Waals surface area contributed by atoms with Crippen LogP contribution in [0, 0.1) is 0 Å². The van der Waals surface area contributed by atoms with E-state index in [-0.39, 0.29) is 5.91 Å². The maximum Gasteiger partial charge on any atom is 0.224 e. The summed E-state index contributed by atoms with van der Waals surface area (Å²) < 4.78 is 16.1. The molecular formula is C21H22N2O4. The molecule has 1 N–H and O–H groups in total. The van der Waals surface area contributed by atoms with Crippen LogP contribution in [0.15, 0.2) is 48.7 Å². The molecule has 0 saturated heterocycles. The minimum atomic E-state index is -0.0936. The van der Waals surface area contributed by atoms with Gasteiger partial charge in [-0.1, -0.05) is 24.3 Å². The summed E-state index contributed by atoms with van der Waals surface area (Å²) in [6.07, 6.45) is 2.48. The van der Waals surface area contributed by atoms with E-state index < -0.39 is 0 Å². The van der Waals surface area contributed by atoms with Gasteiger partial charge in [0.05, 0.1) is 38.7 Å². The Bertz CT molecular complexity index is 956. The Morgan fingerprint density at radius 2 is 1.78 bits per heavy atom. The zero-order chi connectivity index (χ0) is 19.2. The molecule has 0 fully saturated rings. The predicted molar refractivity (Wildman–Crippen MR) is 105 cm³/mol. The molecule has 0 saturated carbocycles. The Labute approximate surface area is 158 Å². The predicted octanol–water partition coefficient (Wildman–Crippen LogP) is 3.83. The highest BCUT2D eigenvalue weighted by molar-refractivity contribution is 5.93. The lowest BCUT2D eigenvalue weighted by Crippen LogP contribution is -2.13. The van der Waals surface area contributed by atoms with Crippen LogP contribution in [0.3, 0.4) is 0 Å². The van der Waals surface area contributed by atoms with Crippen LogP contribution in [0.5, 0.6) is 17.2 Å². The van der Waals surface area contributed by atoms with Crippen LogP contribution in [0.25, 0.3) is 10.9 Å². The van der Waals surface area contributed by atoms with Crippen molar-refractivity contribution in [3.05, 3.63) is 54.2 Å². The van der Waals surface area contributed by atoms with Crippen LogP contribution in [-0.4, -0.2) is 32.2 Å². The van der Waals surface area contributed by atoms with E-state index in [0.29, 0.717) is 35.8 Å². The van der Waals surface area contributed by atoms with Crippen molar-refractivity contribution in [2.45, 2.75) is 12.8 Å². The molecular weight excluding hydrogens is 344 g/mol. The average Bonchev–Trinajstić information content (AvgIpc) is 2.71. The van der Waals surface area contributed by atoms with Gasteiger partial charge in [-0.25, -0.2) is 0 Å². The van der Waals surface area contributed by atoms with Gasteiger partial charge in [-0.3, -0.25) is 9.78 Å². The Hall–Kier alpha value is -3.28. The second kappa shape index (κ2) is 8.40. The fourth-order valence-corrected chi connectivity index (χ4v) is 2.97. The van der Waals surface area contributed by atoms with E-state index in [9.17, 15) is 4.79 Å². The van der Waals surface area contributed by atoms with Crippen molar-refractivity contribution in [2.24, 2.45) is 0 Å². The van der Waals surface area contributed by atoms with Gasteiger partial charge in [-0.2, -0.15) is 0 Å². The van der Waals surface area contributed by atoms with Crippen molar-refractivity contribution in [1.82, 2.24) is 4.98 Å². The lowest BCUT2D eigenvalue weighted by atomic mass is 10.1. The maximum absolute atomic E-state index is 12.4. The molecule has 2 aromatic carbocycles. The molecule has 0 atom stereocenters. The van der Waals surface area contributed by atoms with Gasteiger partial charge in [0.25, 0.3) is 0 Å². The third kappa shape index (κ3) is 4.11. The molecule has 0 aliphatic carbocycles. The van der Waals surface area contributed by atoms with Gasteiger partial charge >= 0.3 is 0 Å². The topological polar surface area (TPSA) is 69.7 Å². The van der Waals surface area contributed by atoms with Crippen molar-refractivity contribution in [2.75, 3.05) is 26.6 Å². The van der Waals surface area contributed by atoms with Gasteiger partial charge in [0.15, 0.2) is 11.5 Å². The third-order valence-electron chi connectivity index (χ3n) is 4.28. The van der Waals surface area contributed by atoms with Crippen molar-refractivity contribution in [3.8, 4) is 17.2 Å². The van der Waals surface area contributed by atoms with Gasteiger partial charge < -0.3 is 19.5 Å². The number of anilines is 1. The zero-order valence-corrected chi connectivity index (χ0v) is 15.6. The second-order valence-corrected chi connectivity index (χ2v) is 5.96. The van der Waals surface area contributed by atoms with Crippen LogP contribution < -0.4 is 19.5 Å². The number of rotatable bonds is 7. The van der Waals surface area contributed by atoms with Crippen molar-refractivity contribution >= 4 is 22.5 Å². The van der Waals surface area contributed by atoms with E-state index in [1.807, 2.05) is 42.5 Å². The number of hydrogen-bond donors (Lipinski definition) is 1. The van der Waals surface area contributed by atoms with E-state index in [4.69, 9.17) is 14.2 Å².